The fourth-order valence-electron chi connectivity index (χ4n) is 5.10. The average molecular weight is 550 g/mol. The third-order valence-electron chi connectivity index (χ3n) is 7.43. The zero-order valence-electron chi connectivity index (χ0n) is 23.4. The normalized spacial score (nSPS) is 35.6. The molecule has 39 heavy (non-hydrogen) atoms. The zero-order valence-corrected chi connectivity index (χ0v) is 23.4. The number of aliphatic hydroxyl groups excluding tert-OH is 1. The number of urea groups is 1. The van der Waals surface area contributed by atoms with Crippen molar-refractivity contribution in [3.05, 3.63) is 36.0 Å². The van der Waals surface area contributed by atoms with Crippen LogP contribution in [0.25, 0.3) is 0 Å². The van der Waals surface area contributed by atoms with E-state index in [1.165, 1.54) is 13.0 Å². The van der Waals surface area contributed by atoms with Gasteiger partial charge in [0.1, 0.15) is 23.9 Å². The van der Waals surface area contributed by atoms with Gasteiger partial charge in [0.15, 0.2) is 0 Å². The number of primary amides is 1. The number of aliphatic hydroxyl groups is 1. The lowest BCUT2D eigenvalue weighted by Crippen LogP contribution is -2.53. The molecule has 0 unspecified atom stereocenters. The SMILES string of the molecule is CC(=O)O[C@@H](C)/C=C\C(=O)N[C@@H]1C[C@H](C)[C@H](C/C=C(C)/C=C/[C@H]2O[C@H](CNC(N)=O)C[C@@]3(CO3)[C@@H]2O)O[C@@H]1C. The van der Waals surface area contributed by atoms with Gasteiger partial charge in [-0.2, -0.15) is 0 Å². The quantitative estimate of drug-likeness (QED) is 0.138. The van der Waals surface area contributed by atoms with E-state index in [0.29, 0.717) is 19.4 Å². The van der Waals surface area contributed by atoms with Crippen LogP contribution in [0.4, 0.5) is 4.79 Å². The van der Waals surface area contributed by atoms with Crippen LogP contribution in [0, 0.1) is 5.92 Å². The van der Waals surface area contributed by atoms with E-state index in [4.69, 9.17) is 24.7 Å². The van der Waals surface area contributed by atoms with Crippen LogP contribution in [0.1, 0.15) is 53.9 Å². The molecule has 0 bridgehead atoms. The first-order valence-corrected chi connectivity index (χ1v) is 13.6. The number of carbonyl (C=O) groups excluding carboxylic acids is 3. The molecule has 0 aromatic carbocycles. The Morgan fingerprint density at radius 3 is 2.56 bits per heavy atom. The Labute approximate surface area is 230 Å². The number of carbonyl (C=O) groups is 3. The molecule has 3 rings (SSSR count). The van der Waals surface area contributed by atoms with E-state index in [1.807, 2.05) is 26.0 Å². The highest BCUT2D eigenvalue weighted by Gasteiger charge is 2.58. The van der Waals surface area contributed by atoms with Gasteiger partial charge >= 0.3 is 12.0 Å². The van der Waals surface area contributed by atoms with Crippen LogP contribution in [0.2, 0.25) is 0 Å². The summed E-state index contributed by atoms with van der Waals surface area (Å²) < 4.78 is 22.8. The first-order chi connectivity index (χ1) is 18.4. The molecule has 3 fully saturated rings. The Kier molecular flexibility index (Phi) is 10.7. The van der Waals surface area contributed by atoms with Crippen molar-refractivity contribution in [3.8, 4) is 0 Å². The van der Waals surface area contributed by atoms with E-state index in [-0.39, 0.29) is 42.7 Å². The molecule has 3 aliphatic rings. The summed E-state index contributed by atoms with van der Waals surface area (Å²) in [6.07, 6.45) is 8.44. The molecule has 218 valence electrons. The molecule has 3 saturated heterocycles. The number of nitrogens with two attached hydrogens (primary N) is 1. The first-order valence-electron chi connectivity index (χ1n) is 13.6. The Hall–Kier alpha value is -2.73. The molecule has 0 aliphatic carbocycles. The Balaban J connectivity index is 1.49. The Morgan fingerprint density at radius 2 is 1.92 bits per heavy atom. The summed E-state index contributed by atoms with van der Waals surface area (Å²) in [5, 5.41) is 16.3. The summed E-state index contributed by atoms with van der Waals surface area (Å²) in [7, 11) is 0. The second kappa shape index (κ2) is 13.6. The summed E-state index contributed by atoms with van der Waals surface area (Å²) in [5.74, 6) is -0.428. The molecule has 1 spiro atoms. The van der Waals surface area contributed by atoms with Gasteiger partial charge in [0.05, 0.1) is 31.0 Å². The minimum absolute atomic E-state index is 0.0000540. The minimum Gasteiger partial charge on any atom is -0.459 e. The molecule has 0 aromatic heterocycles. The molecule has 3 amide bonds. The number of esters is 1. The van der Waals surface area contributed by atoms with Gasteiger partial charge in [0.2, 0.25) is 5.91 Å². The first kappa shape index (κ1) is 30.8. The smallest absolute Gasteiger partial charge is 0.312 e. The van der Waals surface area contributed by atoms with Crippen molar-refractivity contribution in [1.82, 2.24) is 10.6 Å². The van der Waals surface area contributed by atoms with Gasteiger partial charge in [-0.05, 0) is 45.6 Å². The third-order valence-corrected chi connectivity index (χ3v) is 7.43. The van der Waals surface area contributed by atoms with Gasteiger partial charge in [-0.3, -0.25) is 9.59 Å². The highest BCUT2D eigenvalue weighted by molar-refractivity contribution is 5.87. The number of allylic oxidation sites excluding steroid dienone is 2. The predicted molar refractivity (Wildman–Crippen MR) is 143 cm³/mol. The number of hydrogen-bond acceptors (Lipinski definition) is 8. The predicted octanol–water partition coefficient (Wildman–Crippen LogP) is 1.64. The van der Waals surface area contributed by atoms with Crippen molar-refractivity contribution in [2.24, 2.45) is 11.7 Å². The monoisotopic (exact) mass is 549 g/mol. The van der Waals surface area contributed by atoms with Crippen LogP contribution < -0.4 is 16.4 Å². The maximum atomic E-state index is 12.3. The number of ether oxygens (including phenoxy) is 4. The molecule has 0 aromatic rings. The number of amides is 3. The van der Waals surface area contributed by atoms with Gasteiger partial charge in [0.25, 0.3) is 0 Å². The largest absolute Gasteiger partial charge is 0.459 e. The highest BCUT2D eigenvalue weighted by Crippen LogP contribution is 2.42. The van der Waals surface area contributed by atoms with Crippen molar-refractivity contribution < 1.29 is 38.4 Å². The summed E-state index contributed by atoms with van der Waals surface area (Å²) in [6.45, 7) is 9.77. The van der Waals surface area contributed by atoms with Gasteiger partial charge in [-0.1, -0.05) is 30.7 Å². The number of rotatable bonds is 10. The van der Waals surface area contributed by atoms with Gasteiger partial charge < -0.3 is 40.4 Å². The van der Waals surface area contributed by atoms with E-state index in [1.54, 1.807) is 13.0 Å². The third kappa shape index (κ3) is 9.16. The number of hydrogen-bond donors (Lipinski definition) is 4. The second-order valence-corrected chi connectivity index (χ2v) is 10.9. The van der Waals surface area contributed by atoms with E-state index in [0.717, 1.165) is 12.0 Å². The second-order valence-electron chi connectivity index (χ2n) is 10.9. The molecule has 11 heteroatoms. The Bertz CT molecular complexity index is 976. The van der Waals surface area contributed by atoms with E-state index in [2.05, 4.69) is 23.6 Å². The fourth-order valence-corrected chi connectivity index (χ4v) is 5.10. The topological polar surface area (TPSA) is 162 Å². The highest BCUT2D eigenvalue weighted by atomic mass is 16.6. The number of epoxide rings is 1. The van der Waals surface area contributed by atoms with Crippen LogP contribution in [-0.2, 0) is 28.5 Å². The lowest BCUT2D eigenvalue weighted by molar-refractivity contribution is -0.143. The van der Waals surface area contributed by atoms with Crippen molar-refractivity contribution in [2.45, 2.75) is 102 Å². The van der Waals surface area contributed by atoms with E-state index < -0.39 is 35.9 Å². The molecule has 9 atom stereocenters. The molecular weight excluding hydrogens is 506 g/mol. The standard InChI is InChI=1S/C28H43N3O8/c1-16(7-10-24-26(34)28(15-36-28)13-21(39-24)14-30-27(29)35)6-9-23-17(2)12-22(19(4)38-23)31-25(33)11-8-18(3)37-20(5)32/h6-8,10-11,17-19,21-24,26,34H,9,12-15H2,1-5H3,(H,31,33)(H3,29,30,35)/b10-7+,11-8-,16-6+/t17-,18-,19+,21-,22+,23-,24+,26+,28+/m0/s1. The van der Waals surface area contributed by atoms with Crippen molar-refractivity contribution >= 4 is 17.9 Å². The summed E-state index contributed by atoms with van der Waals surface area (Å²) >= 11 is 0. The van der Waals surface area contributed by atoms with Gasteiger partial charge in [0, 0.05) is 26.0 Å². The number of nitrogens with one attached hydrogen (secondary N) is 2. The lowest BCUT2D eigenvalue weighted by Gasteiger charge is -2.39. The van der Waals surface area contributed by atoms with Crippen molar-refractivity contribution in [1.29, 1.82) is 0 Å². The molecule has 0 saturated carbocycles. The molecule has 3 heterocycles. The van der Waals surface area contributed by atoms with Crippen molar-refractivity contribution in [3.63, 3.8) is 0 Å². The summed E-state index contributed by atoms with van der Waals surface area (Å²) in [6, 6.07) is -0.743. The minimum atomic E-state index is -0.791. The average Bonchev–Trinajstić information content (AvgIpc) is 3.63. The van der Waals surface area contributed by atoms with Gasteiger partial charge in [-0.15, -0.1) is 0 Å². The Morgan fingerprint density at radius 1 is 1.21 bits per heavy atom. The molecule has 11 nitrogen and oxygen atoms in total. The van der Waals surface area contributed by atoms with Crippen LogP contribution in [0.15, 0.2) is 36.0 Å². The fraction of sp³-hybridized carbons (Fsp3) is 0.679. The van der Waals surface area contributed by atoms with Crippen LogP contribution in [0.5, 0.6) is 0 Å². The summed E-state index contributed by atoms with van der Waals surface area (Å²) in [4.78, 5) is 34.4. The maximum absolute atomic E-state index is 12.3. The van der Waals surface area contributed by atoms with E-state index >= 15 is 0 Å². The van der Waals surface area contributed by atoms with E-state index in [9.17, 15) is 19.5 Å². The lowest BCUT2D eigenvalue weighted by atomic mass is 9.87. The molecule has 3 aliphatic heterocycles. The van der Waals surface area contributed by atoms with Crippen LogP contribution >= 0.6 is 0 Å². The maximum Gasteiger partial charge on any atom is 0.312 e. The molecular formula is C28H43N3O8. The molecule has 0 radical (unpaired) electrons. The van der Waals surface area contributed by atoms with Crippen LogP contribution in [0.3, 0.4) is 0 Å². The van der Waals surface area contributed by atoms with Gasteiger partial charge in [-0.25, -0.2) is 4.79 Å². The summed E-state index contributed by atoms with van der Waals surface area (Å²) in [5.41, 5.74) is 5.55. The van der Waals surface area contributed by atoms with Crippen molar-refractivity contribution in [2.75, 3.05) is 13.2 Å². The zero-order chi connectivity index (χ0) is 28.7. The molecule has 5 N–H and O–H groups in total. The van der Waals surface area contributed by atoms with Crippen LogP contribution in [-0.4, -0.2) is 84.4 Å².